The zero-order valence-corrected chi connectivity index (χ0v) is 13.9. The van der Waals surface area contributed by atoms with Crippen molar-refractivity contribution in [3.63, 3.8) is 0 Å². The van der Waals surface area contributed by atoms with Crippen molar-refractivity contribution in [1.29, 1.82) is 0 Å². The molecule has 3 rings (SSSR count). The smallest absolute Gasteiger partial charge is 0.233 e. The van der Waals surface area contributed by atoms with Crippen LogP contribution in [-0.2, 0) is 16.1 Å². The second-order valence-corrected chi connectivity index (χ2v) is 6.31. The van der Waals surface area contributed by atoms with Gasteiger partial charge in [0.15, 0.2) is 5.76 Å². The summed E-state index contributed by atoms with van der Waals surface area (Å²) in [6.07, 6.45) is 0. The standard InChI is InChI=1S/C17H17ClN2O3/c1-9-10(2)17(22)20(16(9)21)8-14-19-11(3)15(23-14)12-4-6-13(18)7-5-12/h4-7,9-10H,8H2,1-3H3. The molecule has 5 nitrogen and oxygen atoms in total. The number of hydrogen-bond donors (Lipinski definition) is 0. The van der Waals surface area contributed by atoms with E-state index in [-0.39, 0.29) is 30.2 Å². The van der Waals surface area contributed by atoms with Crippen LogP contribution in [0.2, 0.25) is 5.02 Å². The fourth-order valence-corrected chi connectivity index (χ4v) is 2.83. The minimum atomic E-state index is -0.297. The number of imide groups is 1. The van der Waals surface area contributed by atoms with Crippen LogP contribution in [0.15, 0.2) is 28.7 Å². The molecule has 1 aliphatic heterocycles. The Bertz CT molecular complexity index is 747. The van der Waals surface area contributed by atoms with E-state index in [1.165, 1.54) is 4.90 Å². The van der Waals surface area contributed by atoms with Gasteiger partial charge in [0.05, 0.1) is 5.69 Å². The summed E-state index contributed by atoms with van der Waals surface area (Å²) in [6.45, 7) is 5.44. The molecular weight excluding hydrogens is 316 g/mol. The molecule has 0 aliphatic carbocycles. The SMILES string of the molecule is Cc1nc(CN2C(=O)C(C)C(C)C2=O)oc1-c1ccc(Cl)cc1. The van der Waals surface area contributed by atoms with Crippen molar-refractivity contribution >= 4 is 23.4 Å². The Kier molecular flexibility index (Phi) is 3.98. The predicted octanol–water partition coefficient (Wildman–Crippen LogP) is 3.44. The predicted molar refractivity (Wildman–Crippen MR) is 85.6 cm³/mol. The van der Waals surface area contributed by atoms with Gasteiger partial charge in [0.2, 0.25) is 17.7 Å². The van der Waals surface area contributed by atoms with Gasteiger partial charge in [-0.2, -0.15) is 0 Å². The molecule has 1 fully saturated rings. The normalized spacial score (nSPS) is 21.3. The number of aromatic nitrogens is 1. The van der Waals surface area contributed by atoms with Gasteiger partial charge in [-0.15, -0.1) is 0 Å². The second-order valence-electron chi connectivity index (χ2n) is 5.87. The lowest BCUT2D eigenvalue weighted by Gasteiger charge is -2.11. The average Bonchev–Trinajstić information content (AvgIpc) is 2.98. The van der Waals surface area contributed by atoms with Crippen LogP contribution in [0.5, 0.6) is 0 Å². The molecule has 0 saturated carbocycles. The Morgan fingerprint density at radius 1 is 1.13 bits per heavy atom. The molecule has 1 aromatic carbocycles. The first-order valence-corrected chi connectivity index (χ1v) is 7.83. The van der Waals surface area contributed by atoms with E-state index in [1.807, 2.05) is 19.1 Å². The molecule has 120 valence electrons. The van der Waals surface area contributed by atoms with Crippen LogP contribution in [0.4, 0.5) is 0 Å². The maximum absolute atomic E-state index is 12.2. The fraction of sp³-hybridized carbons (Fsp3) is 0.353. The molecule has 1 saturated heterocycles. The summed E-state index contributed by atoms with van der Waals surface area (Å²) >= 11 is 5.89. The van der Waals surface area contributed by atoms with Gasteiger partial charge >= 0.3 is 0 Å². The van der Waals surface area contributed by atoms with Gasteiger partial charge < -0.3 is 4.42 Å². The quantitative estimate of drug-likeness (QED) is 0.808. The van der Waals surface area contributed by atoms with Crippen LogP contribution in [0, 0.1) is 18.8 Å². The van der Waals surface area contributed by atoms with Crippen LogP contribution in [0.3, 0.4) is 0 Å². The minimum Gasteiger partial charge on any atom is -0.438 e. The highest BCUT2D eigenvalue weighted by Crippen LogP contribution is 2.29. The number of likely N-dealkylation sites (tertiary alicyclic amines) is 1. The number of oxazole rings is 1. The van der Waals surface area contributed by atoms with E-state index in [0.29, 0.717) is 22.4 Å². The van der Waals surface area contributed by atoms with Crippen molar-refractivity contribution in [1.82, 2.24) is 9.88 Å². The zero-order chi connectivity index (χ0) is 16.7. The van der Waals surface area contributed by atoms with E-state index >= 15 is 0 Å². The number of halogens is 1. The van der Waals surface area contributed by atoms with Crippen molar-refractivity contribution in [3.8, 4) is 11.3 Å². The molecule has 2 amide bonds. The maximum atomic E-state index is 12.2. The third-order valence-corrected chi connectivity index (χ3v) is 4.55. The summed E-state index contributed by atoms with van der Waals surface area (Å²) in [5.74, 6) is 0.0358. The molecule has 2 atom stereocenters. The zero-order valence-electron chi connectivity index (χ0n) is 13.2. The van der Waals surface area contributed by atoms with Gasteiger partial charge in [0, 0.05) is 22.4 Å². The third kappa shape index (κ3) is 2.77. The van der Waals surface area contributed by atoms with E-state index < -0.39 is 0 Å². The largest absolute Gasteiger partial charge is 0.438 e. The molecule has 6 heteroatoms. The number of nitrogens with zero attached hydrogens (tertiary/aromatic N) is 2. The average molecular weight is 333 g/mol. The van der Waals surface area contributed by atoms with Crippen LogP contribution in [-0.4, -0.2) is 21.7 Å². The Morgan fingerprint density at radius 2 is 1.70 bits per heavy atom. The van der Waals surface area contributed by atoms with Crippen molar-refractivity contribution in [2.75, 3.05) is 0 Å². The lowest BCUT2D eigenvalue weighted by atomic mass is 10.00. The summed E-state index contributed by atoms with van der Waals surface area (Å²) < 4.78 is 5.77. The monoisotopic (exact) mass is 332 g/mol. The first-order chi connectivity index (χ1) is 10.9. The maximum Gasteiger partial charge on any atom is 0.233 e. The number of benzene rings is 1. The van der Waals surface area contributed by atoms with E-state index in [2.05, 4.69) is 4.98 Å². The highest BCUT2D eigenvalue weighted by molar-refractivity contribution is 6.30. The molecular formula is C17H17ClN2O3. The van der Waals surface area contributed by atoms with Gasteiger partial charge in [-0.25, -0.2) is 4.98 Å². The highest BCUT2D eigenvalue weighted by atomic mass is 35.5. The second kappa shape index (κ2) is 5.81. The summed E-state index contributed by atoms with van der Waals surface area (Å²) in [7, 11) is 0. The highest BCUT2D eigenvalue weighted by Gasteiger charge is 2.42. The first-order valence-electron chi connectivity index (χ1n) is 7.46. The van der Waals surface area contributed by atoms with Crippen LogP contribution in [0.25, 0.3) is 11.3 Å². The van der Waals surface area contributed by atoms with Crippen molar-refractivity contribution in [3.05, 3.63) is 40.9 Å². The van der Waals surface area contributed by atoms with Gasteiger partial charge in [0.1, 0.15) is 6.54 Å². The van der Waals surface area contributed by atoms with Gasteiger partial charge in [-0.05, 0) is 31.2 Å². The lowest BCUT2D eigenvalue weighted by Crippen LogP contribution is -2.30. The van der Waals surface area contributed by atoms with Gasteiger partial charge in [-0.1, -0.05) is 25.4 Å². The van der Waals surface area contributed by atoms with E-state index in [9.17, 15) is 9.59 Å². The number of carbonyl (C=O) groups is 2. The minimum absolute atomic E-state index is 0.0702. The molecule has 1 aliphatic rings. The van der Waals surface area contributed by atoms with Crippen molar-refractivity contribution in [2.24, 2.45) is 11.8 Å². The number of carbonyl (C=O) groups excluding carboxylic acids is 2. The molecule has 0 N–H and O–H groups in total. The van der Waals surface area contributed by atoms with Crippen LogP contribution in [0.1, 0.15) is 25.4 Å². The molecule has 2 aromatic rings. The van der Waals surface area contributed by atoms with Crippen molar-refractivity contribution < 1.29 is 14.0 Å². The molecule has 23 heavy (non-hydrogen) atoms. The van der Waals surface area contributed by atoms with E-state index in [1.54, 1.807) is 26.0 Å². The Hall–Kier alpha value is -2.14. The third-order valence-electron chi connectivity index (χ3n) is 4.30. The summed E-state index contributed by atoms with van der Waals surface area (Å²) in [5, 5.41) is 0.641. The van der Waals surface area contributed by atoms with Crippen molar-refractivity contribution in [2.45, 2.75) is 27.3 Å². The van der Waals surface area contributed by atoms with Crippen LogP contribution >= 0.6 is 11.6 Å². The number of hydrogen-bond acceptors (Lipinski definition) is 4. The van der Waals surface area contributed by atoms with E-state index in [4.69, 9.17) is 16.0 Å². The Morgan fingerprint density at radius 3 is 2.26 bits per heavy atom. The summed E-state index contributed by atoms with van der Waals surface area (Å²) in [6, 6.07) is 7.23. The first kappa shape index (κ1) is 15.7. The molecule has 0 radical (unpaired) electrons. The molecule has 0 bridgehead atoms. The molecule has 2 unspecified atom stereocenters. The number of aryl methyl sites for hydroxylation is 1. The van der Waals surface area contributed by atoms with Gasteiger partial charge in [0.25, 0.3) is 0 Å². The molecule has 2 heterocycles. The lowest BCUT2D eigenvalue weighted by molar-refractivity contribution is -0.140. The number of amides is 2. The fourth-order valence-electron chi connectivity index (χ4n) is 2.71. The topological polar surface area (TPSA) is 63.4 Å². The van der Waals surface area contributed by atoms with Crippen LogP contribution < -0.4 is 0 Å². The Balaban J connectivity index is 1.86. The summed E-state index contributed by atoms with van der Waals surface area (Å²) in [5.41, 5.74) is 1.56. The Labute approximate surface area is 139 Å². The molecule has 0 spiro atoms. The number of rotatable bonds is 3. The summed E-state index contributed by atoms with van der Waals surface area (Å²) in [4.78, 5) is 29.9. The van der Waals surface area contributed by atoms with E-state index in [0.717, 1.165) is 5.56 Å². The molecule has 1 aromatic heterocycles. The van der Waals surface area contributed by atoms with Gasteiger partial charge in [-0.3, -0.25) is 14.5 Å².